The average Bonchev–Trinajstić information content (AvgIpc) is 2.12. The van der Waals surface area contributed by atoms with E-state index in [0.717, 1.165) is 0 Å². The zero-order valence-corrected chi connectivity index (χ0v) is 7.27. The topological polar surface area (TPSA) is 37.3 Å². The van der Waals surface area contributed by atoms with E-state index in [1.807, 2.05) is 0 Å². The van der Waals surface area contributed by atoms with Gasteiger partial charge in [-0.05, 0) is 12.5 Å². The normalized spacial score (nSPS) is 10.3. The van der Waals surface area contributed by atoms with Crippen molar-refractivity contribution in [3.05, 3.63) is 34.6 Å². The quantitative estimate of drug-likeness (QED) is 0.751. The molecule has 0 aliphatic rings. The molecule has 0 atom stereocenters. The molecule has 1 aromatic rings. The smallest absolute Gasteiger partial charge is 0.338 e. The number of rotatable bonds is 2. The monoisotopic (exact) mass is 204 g/mol. The number of hydrogen-bond donors (Lipinski definition) is 1. The lowest BCUT2D eigenvalue weighted by Crippen LogP contribution is -2.07. The predicted octanol–water partition coefficient (Wildman–Crippen LogP) is 2.36. The fourth-order valence-corrected chi connectivity index (χ4v) is 1.12. The van der Waals surface area contributed by atoms with E-state index in [-0.39, 0.29) is 6.42 Å². The molecular weight excluding hydrogens is 197 g/mol. The van der Waals surface area contributed by atoms with Gasteiger partial charge in [0.05, 0.1) is 5.56 Å². The second kappa shape index (κ2) is 3.69. The van der Waals surface area contributed by atoms with E-state index in [9.17, 15) is 18.0 Å². The van der Waals surface area contributed by atoms with Crippen molar-refractivity contribution in [1.29, 1.82) is 0 Å². The first kappa shape index (κ1) is 10.6. The van der Waals surface area contributed by atoms with Gasteiger partial charge in [0.1, 0.15) is 5.82 Å². The van der Waals surface area contributed by atoms with Crippen molar-refractivity contribution in [2.24, 2.45) is 0 Å². The molecule has 0 aliphatic carbocycles. The lowest BCUT2D eigenvalue weighted by molar-refractivity contribution is 0.0690. The zero-order chi connectivity index (χ0) is 10.9. The minimum Gasteiger partial charge on any atom is -0.478 e. The highest BCUT2D eigenvalue weighted by atomic mass is 19.2. The van der Waals surface area contributed by atoms with Gasteiger partial charge in [-0.3, -0.25) is 0 Å². The summed E-state index contributed by atoms with van der Waals surface area (Å²) < 4.78 is 38.8. The lowest BCUT2D eigenvalue weighted by atomic mass is 10.1. The maximum Gasteiger partial charge on any atom is 0.338 e. The Morgan fingerprint density at radius 1 is 1.36 bits per heavy atom. The first-order valence-corrected chi connectivity index (χ1v) is 3.88. The van der Waals surface area contributed by atoms with E-state index in [1.165, 1.54) is 6.92 Å². The van der Waals surface area contributed by atoms with Crippen LogP contribution in [0.4, 0.5) is 13.2 Å². The second-order valence-electron chi connectivity index (χ2n) is 2.67. The summed E-state index contributed by atoms with van der Waals surface area (Å²) in [5, 5.41) is 8.47. The molecule has 76 valence electrons. The summed E-state index contributed by atoms with van der Waals surface area (Å²) >= 11 is 0. The van der Waals surface area contributed by atoms with Gasteiger partial charge in [0.15, 0.2) is 11.6 Å². The summed E-state index contributed by atoms with van der Waals surface area (Å²) in [5.74, 6) is -5.49. The molecule has 0 unspecified atom stereocenters. The molecule has 1 aromatic carbocycles. The molecule has 1 rings (SSSR count). The molecule has 0 aliphatic heterocycles. The number of carboxylic acids is 1. The number of aromatic carboxylic acids is 1. The van der Waals surface area contributed by atoms with Crippen LogP contribution in [0.2, 0.25) is 0 Å². The highest BCUT2D eigenvalue weighted by Gasteiger charge is 2.20. The van der Waals surface area contributed by atoms with Gasteiger partial charge in [-0.1, -0.05) is 6.92 Å². The van der Waals surface area contributed by atoms with Gasteiger partial charge in [0.25, 0.3) is 0 Å². The third-order valence-electron chi connectivity index (χ3n) is 1.83. The van der Waals surface area contributed by atoms with Crippen LogP contribution in [-0.4, -0.2) is 11.1 Å². The Hall–Kier alpha value is -1.52. The van der Waals surface area contributed by atoms with Gasteiger partial charge < -0.3 is 5.11 Å². The van der Waals surface area contributed by atoms with E-state index < -0.39 is 34.5 Å². The Bertz CT molecular complexity index is 388. The van der Waals surface area contributed by atoms with E-state index in [4.69, 9.17) is 5.11 Å². The standard InChI is InChI=1S/C9H7F3O2/c1-2-4-7(11)5(9(13)14)3-6(10)8(4)12/h3H,2H2,1H3,(H,13,14). The molecule has 0 saturated carbocycles. The highest BCUT2D eigenvalue weighted by molar-refractivity contribution is 5.88. The van der Waals surface area contributed by atoms with Crippen molar-refractivity contribution in [3.8, 4) is 0 Å². The van der Waals surface area contributed by atoms with Crippen LogP contribution in [0.25, 0.3) is 0 Å². The van der Waals surface area contributed by atoms with Crippen LogP contribution in [0, 0.1) is 17.5 Å². The molecule has 0 fully saturated rings. The third-order valence-corrected chi connectivity index (χ3v) is 1.83. The molecule has 1 N–H and O–H groups in total. The fourth-order valence-electron chi connectivity index (χ4n) is 1.12. The number of benzene rings is 1. The number of carboxylic acid groups (broad SMARTS) is 1. The molecule has 0 amide bonds. The highest BCUT2D eigenvalue weighted by Crippen LogP contribution is 2.20. The Morgan fingerprint density at radius 2 is 1.93 bits per heavy atom. The molecule has 5 heteroatoms. The van der Waals surface area contributed by atoms with Crippen LogP contribution in [0.1, 0.15) is 22.8 Å². The van der Waals surface area contributed by atoms with E-state index >= 15 is 0 Å². The van der Waals surface area contributed by atoms with E-state index in [2.05, 4.69) is 0 Å². The van der Waals surface area contributed by atoms with Crippen molar-refractivity contribution in [2.75, 3.05) is 0 Å². The van der Waals surface area contributed by atoms with Gasteiger partial charge in [0.2, 0.25) is 0 Å². The minimum absolute atomic E-state index is 0.101. The summed E-state index contributed by atoms with van der Waals surface area (Å²) in [7, 11) is 0. The fraction of sp³-hybridized carbons (Fsp3) is 0.222. The minimum atomic E-state index is -1.61. The largest absolute Gasteiger partial charge is 0.478 e. The number of halogens is 3. The van der Waals surface area contributed by atoms with Crippen LogP contribution in [0.5, 0.6) is 0 Å². The molecule has 0 radical (unpaired) electrons. The molecule has 0 heterocycles. The Kier molecular flexibility index (Phi) is 2.78. The van der Waals surface area contributed by atoms with E-state index in [1.54, 1.807) is 0 Å². The molecule has 0 spiro atoms. The van der Waals surface area contributed by atoms with Gasteiger partial charge in [-0.25, -0.2) is 18.0 Å². The predicted molar refractivity (Wildman–Crippen MR) is 42.7 cm³/mol. The van der Waals surface area contributed by atoms with Crippen LogP contribution < -0.4 is 0 Å². The van der Waals surface area contributed by atoms with Crippen molar-refractivity contribution in [3.63, 3.8) is 0 Å². The van der Waals surface area contributed by atoms with Gasteiger partial charge in [-0.2, -0.15) is 0 Å². The van der Waals surface area contributed by atoms with Crippen molar-refractivity contribution >= 4 is 5.97 Å². The van der Waals surface area contributed by atoms with Crippen LogP contribution in [0.3, 0.4) is 0 Å². The molecule has 0 saturated heterocycles. The molecule has 0 bridgehead atoms. The third kappa shape index (κ3) is 1.57. The van der Waals surface area contributed by atoms with Crippen molar-refractivity contribution in [1.82, 2.24) is 0 Å². The summed E-state index contributed by atoms with van der Waals surface area (Å²) in [5.41, 5.74) is -1.39. The van der Waals surface area contributed by atoms with Gasteiger partial charge in [-0.15, -0.1) is 0 Å². The molecule has 2 nitrogen and oxygen atoms in total. The zero-order valence-electron chi connectivity index (χ0n) is 7.27. The Balaban J connectivity index is 3.50. The first-order valence-electron chi connectivity index (χ1n) is 3.88. The van der Waals surface area contributed by atoms with Crippen LogP contribution in [0.15, 0.2) is 6.07 Å². The summed E-state index contributed by atoms with van der Waals surface area (Å²) in [6, 6.07) is 0.339. The summed E-state index contributed by atoms with van der Waals surface area (Å²) in [4.78, 5) is 10.4. The lowest BCUT2D eigenvalue weighted by Gasteiger charge is -2.05. The van der Waals surface area contributed by atoms with Gasteiger partial charge >= 0.3 is 5.97 Å². The molecular formula is C9H7F3O2. The van der Waals surface area contributed by atoms with Crippen molar-refractivity contribution in [2.45, 2.75) is 13.3 Å². The van der Waals surface area contributed by atoms with E-state index in [0.29, 0.717) is 6.07 Å². The number of hydrogen-bond acceptors (Lipinski definition) is 1. The average molecular weight is 204 g/mol. The SMILES string of the molecule is CCc1c(F)c(F)cc(C(=O)O)c1F. The maximum atomic E-state index is 13.2. The number of carbonyl (C=O) groups is 1. The first-order chi connectivity index (χ1) is 6.49. The molecule has 0 aromatic heterocycles. The van der Waals surface area contributed by atoms with Crippen molar-refractivity contribution < 1.29 is 23.1 Å². The van der Waals surface area contributed by atoms with Crippen LogP contribution in [-0.2, 0) is 6.42 Å². The Labute approximate surface area is 78.0 Å². The van der Waals surface area contributed by atoms with Gasteiger partial charge in [0, 0.05) is 5.56 Å². The summed E-state index contributed by atoms with van der Waals surface area (Å²) in [6.45, 7) is 1.41. The van der Waals surface area contributed by atoms with Crippen LogP contribution >= 0.6 is 0 Å². The maximum absolute atomic E-state index is 13.2. The Morgan fingerprint density at radius 3 is 2.36 bits per heavy atom. The summed E-state index contributed by atoms with van der Waals surface area (Å²) in [6.07, 6.45) is -0.101. The molecule has 14 heavy (non-hydrogen) atoms. The second-order valence-corrected chi connectivity index (χ2v) is 2.67.